The zero-order valence-corrected chi connectivity index (χ0v) is 3.36. The maximum Gasteiger partial charge on any atom is 0.195 e. The van der Waals surface area contributed by atoms with Crippen molar-refractivity contribution >= 4 is 12.8 Å². The summed E-state index contributed by atoms with van der Waals surface area (Å²) in [6.07, 6.45) is 1.01. The van der Waals surface area contributed by atoms with Crippen molar-refractivity contribution in [3.8, 4) is 0 Å². The number of nitroso groups, excluding NO2 is 1. The summed E-state index contributed by atoms with van der Waals surface area (Å²) < 4.78 is 0.222. The van der Waals surface area contributed by atoms with Gasteiger partial charge in [0.15, 0.2) is 6.20 Å². The minimum absolute atomic E-state index is 0.222. The SMILES string of the molecule is C=C[N+](=O)[S-]. The maximum atomic E-state index is 9.43. The Bertz CT molecular complexity index is 60.7. The van der Waals surface area contributed by atoms with Crippen molar-refractivity contribution in [2.24, 2.45) is 0 Å². The van der Waals surface area contributed by atoms with E-state index in [1.54, 1.807) is 0 Å². The second kappa shape index (κ2) is 1.84. The average Bonchev–Trinajstić information content (AvgIpc) is 1.38. The van der Waals surface area contributed by atoms with Crippen molar-refractivity contribution < 1.29 is 4.17 Å². The molecular formula is C2H3NOS. The van der Waals surface area contributed by atoms with Gasteiger partial charge in [0, 0.05) is 4.91 Å². The molecular weight excluding hydrogens is 86.1 g/mol. The lowest BCUT2D eigenvalue weighted by atomic mass is 11.1. The normalized spacial score (nSPS) is 6.40. The monoisotopic (exact) mass is 89.0 g/mol. The third-order valence-corrected chi connectivity index (χ3v) is 0.298. The Morgan fingerprint density at radius 2 is 2.20 bits per heavy atom. The fourth-order valence-electron chi connectivity index (χ4n) is 0. The Kier molecular flexibility index (Phi) is 1.68. The van der Waals surface area contributed by atoms with Crippen molar-refractivity contribution in [2.75, 3.05) is 0 Å². The van der Waals surface area contributed by atoms with E-state index in [9.17, 15) is 4.91 Å². The van der Waals surface area contributed by atoms with Crippen LogP contribution in [0.15, 0.2) is 12.8 Å². The van der Waals surface area contributed by atoms with Gasteiger partial charge in [-0.2, -0.15) is 0 Å². The maximum absolute atomic E-state index is 9.43. The van der Waals surface area contributed by atoms with Gasteiger partial charge in [-0.05, 0) is 6.58 Å². The summed E-state index contributed by atoms with van der Waals surface area (Å²) in [7, 11) is 0. The summed E-state index contributed by atoms with van der Waals surface area (Å²) in [5.41, 5.74) is 0. The molecule has 0 aliphatic carbocycles. The summed E-state index contributed by atoms with van der Waals surface area (Å²) in [5, 5.41) is 0. The fraction of sp³-hybridized carbons (Fsp3) is 0. The van der Waals surface area contributed by atoms with Crippen LogP contribution in [0.5, 0.6) is 0 Å². The molecule has 0 bridgehead atoms. The van der Waals surface area contributed by atoms with E-state index in [4.69, 9.17) is 0 Å². The van der Waals surface area contributed by atoms with Gasteiger partial charge in [-0.1, -0.05) is 4.17 Å². The van der Waals surface area contributed by atoms with Crippen molar-refractivity contribution in [2.45, 2.75) is 0 Å². The molecule has 3 heteroatoms. The zero-order valence-electron chi connectivity index (χ0n) is 2.55. The summed E-state index contributed by atoms with van der Waals surface area (Å²) in [6, 6.07) is 0. The van der Waals surface area contributed by atoms with E-state index in [1.165, 1.54) is 0 Å². The lowest BCUT2D eigenvalue weighted by Gasteiger charge is -1.72. The van der Waals surface area contributed by atoms with Crippen molar-refractivity contribution in [1.82, 2.24) is 0 Å². The number of hydrogen-bond acceptors (Lipinski definition) is 2. The second-order valence-corrected chi connectivity index (χ2v) is 0.828. The number of hydrogen-bond donors (Lipinski definition) is 0. The predicted molar refractivity (Wildman–Crippen MR) is 21.2 cm³/mol. The van der Waals surface area contributed by atoms with Crippen LogP contribution >= 0.6 is 0 Å². The Morgan fingerprint density at radius 1 is 2.00 bits per heavy atom. The van der Waals surface area contributed by atoms with Gasteiger partial charge in [0.05, 0.1) is 0 Å². The van der Waals surface area contributed by atoms with Crippen LogP contribution in [0, 0.1) is 4.91 Å². The molecule has 0 heterocycles. The fourth-order valence-corrected chi connectivity index (χ4v) is 0. The molecule has 0 aromatic rings. The predicted octanol–water partition coefficient (Wildman–Crippen LogP) is 0.371. The zero-order chi connectivity index (χ0) is 4.28. The molecule has 0 rings (SSSR count). The standard InChI is InChI=1S/C2H3NOS/c1-2-3(4)5/h2H,1H2. The first-order valence-electron chi connectivity index (χ1n) is 1.03. The van der Waals surface area contributed by atoms with Gasteiger partial charge >= 0.3 is 0 Å². The molecule has 0 N–H and O–H groups in total. The van der Waals surface area contributed by atoms with E-state index in [-0.39, 0.29) is 4.17 Å². The van der Waals surface area contributed by atoms with Gasteiger partial charge in [-0.3, -0.25) is 0 Å². The smallest absolute Gasteiger partial charge is 0.195 e. The molecule has 5 heavy (non-hydrogen) atoms. The average molecular weight is 89.1 g/mol. The van der Waals surface area contributed by atoms with Gasteiger partial charge in [0.25, 0.3) is 0 Å². The molecule has 0 spiro atoms. The molecule has 28 valence electrons. The van der Waals surface area contributed by atoms with Crippen LogP contribution in [0.2, 0.25) is 0 Å². The van der Waals surface area contributed by atoms with Gasteiger partial charge in [-0.25, -0.2) is 0 Å². The molecule has 0 saturated carbocycles. The Hall–Kier alpha value is -0.440. The highest BCUT2D eigenvalue weighted by Crippen LogP contribution is 1.57. The Morgan fingerprint density at radius 3 is 2.20 bits per heavy atom. The minimum Gasteiger partial charge on any atom is -0.365 e. The van der Waals surface area contributed by atoms with Gasteiger partial charge in [0.1, 0.15) is 0 Å². The van der Waals surface area contributed by atoms with Crippen LogP contribution in [0.4, 0.5) is 0 Å². The second-order valence-electron chi connectivity index (χ2n) is 0.468. The summed E-state index contributed by atoms with van der Waals surface area (Å²) in [5.74, 6) is 0. The van der Waals surface area contributed by atoms with Crippen LogP contribution in [0.25, 0.3) is 0 Å². The van der Waals surface area contributed by atoms with Crippen LogP contribution in [0.1, 0.15) is 0 Å². The van der Waals surface area contributed by atoms with E-state index >= 15 is 0 Å². The van der Waals surface area contributed by atoms with Gasteiger partial charge in [-0.15, -0.1) is 0 Å². The molecule has 0 aliphatic heterocycles. The molecule has 0 aromatic heterocycles. The van der Waals surface area contributed by atoms with E-state index in [1.807, 2.05) is 0 Å². The molecule has 2 nitrogen and oxygen atoms in total. The lowest BCUT2D eigenvalue weighted by Crippen LogP contribution is -1.78. The Balaban J connectivity index is 3.20. The van der Waals surface area contributed by atoms with Crippen molar-refractivity contribution in [3.05, 3.63) is 17.7 Å². The van der Waals surface area contributed by atoms with E-state index in [2.05, 4.69) is 19.4 Å². The molecule has 0 radical (unpaired) electrons. The molecule has 0 saturated heterocycles. The summed E-state index contributed by atoms with van der Waals surface area (Å²) >= 11 is 3.94. The highest BCUT2D eigenvalue weighted by molar-refractivity contribution is 7.51. The number of rotatable bonds is 1. The summed E-state index contributed by atoms with van der Waals surface area (Å²) in [4.78, 5) is 9.43. The van der Waals surface area contributed by atoms with E-state index < -0.39 is 0 Å². The van der Waals surface area contributed by atoms with Crippen LogP contribution in [0.3, 0.4) is 0 Å². The third kappa shape index (κ3) is 3.56. The molecule has 0 unspecified atom stereocenters. The molecule has 0 aliphatic rings. The van der Waals surface area contributed by atoms with Crippen molar-refractivity contribution in [1.29, 1.82) is 0 Å². The van der Waals surface area contributed by atoms with Gasteiger partial charge in [0.2, 0.25) is 0 Å². The molecule has 0 amide bonds. The van der Waals surface area contributed by atoms with Crippen LogP contribution < -0.4 is 0 Å². The van der Waals surface area contributed by atoms with Crippen molar-refractivity contribution in [3.63, 3.8) is 0 Å². The Labute approximate surface area is 35.6 Å². The molecule has 0 fully saturated rings. The highest BCUT2D eigenvalue weighted by atomic mass is 32.1. The van der Waals surface area contributed by atoms with Gasteiger partial charge < -0.3 is 12.8 Å². The number of nitrogens with zero attached hydrogens (tertiary/aromatic N) is 1. The topological polar surface area (TPSA) is 20.1 Å². The largest absolute Gasteiger partial charge is 0.365 e. The van der Waals surface area contributed by atoms with Crippen LogP contribution in [-0.2, 0) is 12.8 Å². The molecule has 0 aromatic carbocycles. The first-order valence-corrected chi connectivity index (χ1v) is 1.40. The molecule has 0 atom stereocenters. The highest BCUT2D eigenvalue weighted by Gasteiger charge is 1.63. The van der Waals surface area contributed by atoms with E-state index in [0.717, 1.165) is 6.20 Å². The van der Waals surface area contributed by atoms with Crippen LogP contribution in [-0.4, -0.2) is 4.17 Å². The first-order chi connectivity index (χ1) is 2.27. The third-order valence-electron chi connectivity index (χ3n) is 0.149. The van der Waals surface area contributed by atoms with E-state index in [0.29, 0.717) is 0 Å². The first kappa shape index (κ1) is 4.56. The lowest BCUT2D eigenvalue weighted by molar-refractivity contribution is -0.280. The minimum atomic E-state index is 0.222. The summed E-state index contributed by atoms with van der Waals surface area (Å²) in [6.45, 7) is 3.07. The quantitative estimate of drug-likeness (QED) is 0.341.